The second-order valence-corrected chi connectivity index (χ2v) is 6.03. The lowest BCUT2D eigenvalue weighted by Gasteiger charge is -2.62. The van der Waals surface area contributed by atoms with Crippen LogP contribution in [0.25, 0.3) is 0 Å². The van der Waals surface area contributed by atoms with Crippen LogP contribution in [0.4, 0.5) is 0 Å². The minimum absolute atomic E-state index is 0.105. The lowest BCUT2D eigenvalue weighted by molar-refractivity contribution is -0.200. The number of ether oxygens (including phenoxy) is 1. The van der Waals surface area contributed by atoms with E-state index in [1.54, 1.807) is 0 Å². The Morgan fingerprint density at radius 1 is 1.27 bits per heavy atom. The molecular formula is C13H16O2. The first-order chi connectivity index (χ1) is 7.18. The van der Waals surface area contributed by atoms with Gasteiger partial charge >= 0.3 is 5.97 Å². The molecule has 6 fully saturated rings. The number of carbonyl (C=O) groups is 1. The predicted octanol–water partition coefficient (Wildman–Crippen LogP) is 2.29. The average molecular weight is 204 g/mol. The first-order valence-corrected chi connectivity index (χ1v) is 6.09. The van der Waals surface area contributed by atoms with Crippen molar-refractivity contribution in [2.75, 3.05) is 0 Å². The van der Waals surface area contributed by atoms with Crippen molar-refractivity contribution in [2.45, 2.75) is 37.7 Å². The fourth-order valence-electron chi connectivity index (χ4n) is 4.69. The lowest BCUT2D eigenvalue weighted by Crippen LogP contribution is -2.59. The second kappa shape index (κ2) is 2.31. The Hall–Kier alpha value is -0.790. The van der Waals surface area contributed by atoms with Crippen molar-refractivity contribution in [2.24, 2.45) is 23.7 Å². The molecule has 6 rings (SSSR count). The molecule has 1 heterocycles. The molecule has 1 saturated heterocycles. The van der Waals surface area contributed by atoms with Gasteiger partial charge in [-0.25, -0.2) is 4.79 Å². The summed E-state index contributed by atoms with van der Waals surface area (Å²) in [6, 6.07) is 0. The van der Waals surface area contributed by atoms with Crippen LogP contribution in [-0.4, -0.2) is 11.6 Å². The smallest absolute Gasteiger partial charge is 0.334 e. The summed E-state index contributed by atoms with van der Waals surface area (Å²) in [5.41, 5.74) is 0.600. The second-order valence-electron chi connectivity index (χ2n) is 6.03. The van der Waals surface area contributed by atoms with Crippen LogP contribution in [0.1, 0.15) is 32.1 Å². The van der Waals surface area contributed by atoms with Crippen LogP contribution >= 0.6 is 0 Å². The van der Waals surface area contributed by atoms with E-state index in [1.165, 1.54) is 19.3 Å². The molecule has 5 atom stereocenters. The average Bonchev–Trinajstić information content (AvgIpc) is 2.51. The van der Waals surface area contributed by atoms with Gasteiger partial charge in [0.15, 0.2) is 0 Å². The van der Waals surface area contributed by atoms with Crippen molar-refractivity contribution >= 4 is 5.97 Å². The highest BCUT2D eigenvalue weighted by atomic mass is 16.6. The zero-order valence-electron chi connectivity index (χ0n) is 8.87. The molecule has 5 aliphatic carbocycles. The van der Waals surface area contributed by atoms with Gasteiger partial charge in [0, 0.05) is 12.0 Å². The summed E-state index contributed by atoms with van der Waals surface area (Å²) < 4.78 is 5.67. The van der Waals surface area contributed by atoms with Crippen molar-refractivity contribution in [3.8, 4) is 0 Å². The topological polar surface area (TPSA) is 26.3 Å². The van der Waals surface area contributed by atoms with Crippen LogP contribution in [0, 0.1) is 23.7 Å². The Bertz CT molecular complexity index is 343. The maximum atomic E-state index is 11.5. The van der Waals surface area contributed by atoms with E-state index in [1.807, 2.05) is 0 Å². The van der Waals surface area contributed by atoms with Crippen LogP contribution < -0.4 is 0 Å². The summed E-state index contributed by atoms with van der Waals surface area (Å²) in [4.78, 5) is 11.5. The summed E-state index contributed by atoms with van der Waals surface area (Å²) in [6.07, 6.45) is 6.01. The van der Waals surface area contributed by atoms with Gasteiger partial charge in [0.05, 0.1) is 0 Å². The van der Waals surface area contributed by atoms with Crippen LogP contribution in [-0.2, 0) is 9.53 Å². The molecule has 0 aromatic rings. The minimum Gasteiger partial charge on any atom is -0.455 e. The number of carbonyl (C=O) groups excluding carboxylic acids is 1. The molecule has 5 saturated carbocycles. The molecule has 1 spiro atoms. The predicted molar refractivity (Wildman–Crippen MR) is 55.0 cm³/mol. The number of esters is 1. The van der Waals surface area contributed by atoms with E-state index in [0.29, 0.717) is 11.5 Å². The Balaban J connectivity index is 1.69. The first kappa shape index (κ1) is 8.37. The van der Waals surface area contributed by atoms with E-state index < -0.39 is 0 Å². The highest BCUT2D eigenvalue weighted by molar-refractivity contribution is 5.90. The van der Waals surface area contributed by atoms with E-state index >= 15 is 0 Å². The highest BCUT2D eigenvalue weighted by Crippen LogP contribution is 2.66. The van der Waals surface area contributed by atoms with Crippen molar-refractivity contribution < 1.29 is 9.53 Å². The van der Waals surface area contributed by atoms with Crippen molar-refractivity contribution in [3.05, 3.63) is 12.2 Å². The molecule has 4 bridgehead atoms. The van der Waals surface area contributed by atoms with E-state index in [9.17, 15) is 4.79 Å². The molecule has 15 heavy (non-hydrogen) atoms. The summed E-state index contributed by atoms with van der Waals surface area (Å²) in [5.74, 6) is 3.32. The maximum absolute atomic E-state index is 11.5. The Morgan fingerprint density at radius 2 is 2.00 bits per heavy atom. The van der Waals surface area contributed by atoms with E-state index in [4.69, 9.17) is 4.74 Å². The molecule has 0 radical (unpaired) electrons. The van der Waals surface area contributed by atoms with Gasteiger partial charge < -0.3 is 4.74 Å². The van der Waals surface area contributed by atoms with E-state index in [2.05, 4.69) is 6.58 Å². The molecule has 0 aromatic heterocycles. The van der Waals surface area contributed by atoms with Crippen LogP contribution in [0.15, 0.2) is 12.2 Å². The SMILES string of the molecule is C=C1C[C@]2(CC3[C@@H]4CC2C[C@H]3C4)OC1=O. The minimum atomic E-state index is -0.128. The van der Waals surface area contributed by atoms with Crippen LogP contribution in [0.5, 0.6) is 0 Å². The molecule has 0 aromatic carbocycles. The summed E-state index contributed by atoms with van der Waals surface area (Å²) in [7, 11) is 0. The third kappa shape index (κ3) is 0.849. The van der Waals surface area contributed by atoms with Crippen molar-refractivity contribution in [3.63, 3.8) is 0 Å². The largest absolute Gasteiger partial charge is 0.455 e. The fourth-order valence-corrected chi connectivity index (χ4v) is 4.69. The number of hydrogen-bond donors (Lipinski definition) is 0. The fraction of sp³-hybridized carbons (Fsp3) is 0.769. The molecule has 2 nitrogen and oxygen atoms in total. The van der Waals surface area contributed by atoms with Gasteiger partial charge in [0.25, 0.3) is 0 Å². The maximum Gasteiger partial charge on any atom is 0.334 e. The lowest BCUT2D eigenvalue weighted by atomic mass is 9.44. The molecule has 1 aliphatic heterocycles. The highest BCUT2D eigenvalue weighted by Gasteiger charge is 2.63. The van der Waals surface area contributed by atoms with Gasteiger partial charge in [-0.3, -0.25) is 0 Å². The summed E-state index contributed by atoms with van der Waals surface area (Å²) in [6.45, 7) is 3.82. The van der Waals surface area contributed by atoms with Crippen molar-refractivity contribution in [1.82, 2.24) is 0 Å². The van der Waals surface area contributed by atoms with Gasteiger partial charge in [-0.05, 0) is 49.4 Å². The van der Waals surface area contributed by atoms with Gasteiger partial charge in [-0.15, -0.1) is 0 Å². The molecule has 2 heteroatoms. The zero-order chi connectivity index (χ0) is 10.2. The molecule has 2 unspecified atom stereocenters. The molecule has 6 aliphatic rings. The standard InChI is InChI=1S/C13H16O2/c1-7-5-13(15-12(7)14)6-11-8-2-9(11)4-10(13)3-8/h8-11H,1-6H2/t8-,9+,10?,11?,13-/m1/s1. The third-order valence-electron chi connectivity index (χ3n) is 5.41. The van der Waals surface area contributed by atoms with Crippen LogP contribution in [0.2, 0.25) is 0 Å². The monoisotopic (exact) mass is 204 g/mol. The van der Waals surface area contributed by atoms with Crippen LogP contribution in [0.3, 0.4) is 0 Å². The van der Waals surface area contributed by atoms with E-state index in [0.717, 1.165) is 30.6 Å². The van der Waals surface area contributed by atoms with Crippen molar-refractivity contribution in [1.29, 1.82) is 0 Å². The van der Waals surface area contributed by atoms with Gasteiger partial charge in [0.1, 0.15) is 5.60 Å². The normalized spacial score (nSPS) is 55.7. The molecule has 0 N–H and O–H groups in total. The van der Waals surface area contributed by atoms with E-state index in [-0.39, 0.29) is 11.6 Å². The summed E-state index contributed by atoms with van der Waals surface area (Å²) in [5, 5.41) is 0. The van der Waals surface area contributed by atoms with Gasteiger partial charge in [-0.2, -0.15) is 0 Å². The molecular weight excluding hydrogens is 188 g/mol. The molecule has 80 valence electrons. The Morgan fingerprint density at radius 3 is 2.47 bits per heavy atom. The van der Waals surface area contributed by atoms with Gasteiger partial charge in [0.2, 0.25) is 0 Å². The first-order valence-electron chi connectivity index (χ1n) is 6.09. The quantitative estimate of drug-likeness (QED) is 0.447. The summed E-state index contributed by atoms with van der Waals surface area (Å²) >= 11 is 0. The number of hydrogen-bond acceptors (Lipinski definition) is 2. The Labute approximate surface area is 89.7 Å². The zero-order valence-corrected chi connectivity index (χ0v) is 8.87. The Kier molecular flexibility index (Phi) is 1.29. The van der Waals surface area contributed by atoms with Gasteiger partial charge in [-0.1, -0.05) is 6.58 Å². The number of rotatable bonds is 0. The molecule has 0 amide bonds. The third-order valence-corrected chi connectivity index (χ3v) is 5.41.